The highest BCUT2D eigenvalue weighted by Crippen LogP contribution is 2.24. The predicted octanol–water partition coefficient (Wildman–Crippen LogP) is 1.52. The monoisotopic (exact) mass is 345 g/mol. The smallest absolute Gasteiger partial charge is 0.238 e. The Morgan fingerprint density at radius 1 is 1.20 bits per heavy atom. The van der Waals surface area contributed by atoms with Gasteiger partial charge in [0.1, 0.15) is 6.04 Å². The van der Waals surface area contributed by atoms with Crippen LogP contribution in [0.1, 0.15) is 44.4 Å². The molecule has 2 N–H and O–H groups in total. The number of carbonyl (C=O) groups is 1. The number of aliphatic hydroxyl groups excluding tert-OH is 1. The van der Waals surface area contributed by atoms with E-state index in [2.05, 4.69) is 48.0 Å². The van der Waals surface area contributed by atoms with Gasteiger partial charge in [0.15, 0.2) is 0 Å². The van der Waals surface area contributed by atoms with Gasteiger partial charge in [0.2, 0.25) is 5.91 Å². The zero-order valence-corrected chi connectivity index (χ0v) is 15.7. The molecular formula is C20H31N3O2. The number of nitrogens with one attached hydrogen (secondary N) is 1. The highest BCUT2D eigenvalue weighted by atomic mass is 16.3. The van der Waals surface area contributed by atoms with Gasteiger partial charge in [-0.15, -0.1) is 0 Å². The Morgan fingerprint density at radius 3 is 2.60 bits per heavy atom. The topological polar surface area (TPSA) is 55.8 Å². The van der Waals surface area contributed by atoms with Crippen molar-refractivity contribution in [2.24, 2.45) is 0 Å². The summed E-state index contributed by atoms with van der Waals surface area (Å²) in [6, 6.07) is 7.96. The maximum atomic E-state index is 12.6. The second kappa shape index (κ2) is 7.44. The fourth-order valence-corrected chi connectivity index (χ4v) is 3.73. The van der Waals surface area contributed by atoms with Crippen molar-refractivity contribution in [1.29, 1.82) is 0 Å². The number of nitrogens with zero attached hydrogens (tertiary/aromatic N) is 2. The lowest BCUT2D eigenvalue weighted by atomic mass is 9.86. The van der Waals surface area contributed by atoms with E-state index >= 15 is 0 Å². The lowest BCUT2D eigenvalue weighted by Gasteiger charge is -2.36. The van der Waals surface area contributed by atoms with E-state index in [1.165, 1.54) is 5.56 Å². The van der Waals surface area contributed by atoms with Crippen molar-refractivity contribution in [3.63, 3.8) is 0 Å². The molecule has 3 heterocycles. The molecule has 4 atom stereocenters. The number of fused-ring (bicyclic) bond motifs is 4. The van der Waals surface area contributed by atoms with Crippen LogP contribution >= 0.6 is 0 Å². The molecule has 0 aliphatic carbocycles. The zero-order chi connectivity index (χ0) is 18.0. The molecule has 1 aromatic carbocycles. The van der Waals surface area contributed by atoms with Crippen LogP contribution < -0.4 is 5.32 Å². The molecule has 0 radical (unpaired) electrons. The maximum Gasteiger partial charge on any atom is 0.238 e. The van der Waals surface area contributed by atoms with Crippen molar-refractivity contribution in [3.8, 4) is 0 Å². The van der Waals surface area contributed by atoms with Gasteiger partial charge in [-0.3, -0.25) is 14.6 Å². The summed E-state index contributed by atoms with van der Waals surface area (Å²) in [6.45, 7) is 11.7. The summed E-state index contributed by atoms with van der Waals surface area (Å²) < 4.78 is 0. The van der Waals surface area contributed by atoms with E-state index < -0.39 is 6.10 Å². The molecule has 25 heavy (non-hydrogen) atoms. The SMILES string of the molecule is CC(C)(C)c1ccc([C@H](O)CNC(=O)[C@@H]2CN3CCCN2CC3)cc1. The van der Waals surface area contributed by atoms with Gasteiger partial charge < -0.3 is 10.4 Å². The first-order valence-corrected chi connectivity index (χ1v) is 9.37. The molecule has 1 amide bonds. The van der Waals surface area contributed by atoms with Crippen LogP contribution in [0.4, 0.5) is 0 Å². The molecule has 4 rings (SSSR count). The Hall–Kier alpha value is -1.43. The van der Waals surface area contributed by atoms with Crippen LogP contribution in [-0.2, 0) is 10.2 Å². The normalized spacial score (nSPS) is 27.6. The minimum Gasteiger partial charge on any atom is -0.387 e. The van der Waals surface area contributed by atoms with E-state index in [9.17, 15) is 9.90 Å². The Morgan fingerprint density at radius 2 is 1.92 bits per heavy atom. The van der Waals surface area contributed by atoms with Crippen molar-refractivity contribution in [2.45, 2.75) is 44.8 Å². The lowest BCUT2D eigenvalue weighted by Crippen LogP contribution is -2.57. The average molecular weight is 345 g/mol. The van der Waals surface area contributed by atoms with Gasteiger partial charge in [-0.2, -0.15) is 0 Å². The third-order valence-corrected chi connectivity index (χ3v) is 5.43. The molecule has 2 unspecified atom stereocenters. The molecule has 5 heteroatoms. The molecule has 5 nitrogen and oxygen atoms in total. The van der Waals surface area contributed by atoms with Gasteiger partial charge in [0.05, 0.1) is 6.10 Å². The Labute approximate surface area is 151 Å². The predicted molar refractivity (Wildman–Crippen MR) is 99.5 cm³/mol. The molecule has 2 bridgehead atoms. The van der Waals surface area contributed by atoms with Crippen molar-refractivity contribution < 1.29 is 9.90 Å². The van der Waals surface area contributed by atoms with E-state index in [0.29, 0.717) is 0 Å². The molecule has 3 fully saturated rings. The van der Waals surface area contributed by atoms with Crippen LogP contribution in [0, 0.1) is 0 Å². The van der Waals surface area contributed by atoms with Gasteiger partial charge in [-0.05, 0) is 29.5 Å². The number of rotatable bonds is 4. The Balaban J connectivity index is 1.55. The van der Waals surface area contributed by atoms with Crippen LogP contribution in [-0.4, -0.2) is 66.1 Å². The quantitative estimate of drug-likeness (QED) is 0.869. The number of piperazine rings is 1. The minimum absolute atomic E-state index is 0.0389. The molecule has 1 aromatic rings. The van der Waals surface area contributed by atoms with Gasteiger partial charge in [0.25, 0.3) is 0 Å². The van der Waals surface area contributed by atoms with Crippen LogP contribution in [0.25, 0.3) is 0 Å². The minimum atomic E-state index is -0.670. The fourth-order valence-electron chi connectivity index (χ4n) is 3.73. The molecular weight excluding hydrogens is 314 g/mol. The third kappa shape index (κ3) is 4.40. The molecule has 3 saturated heterocycles. The molecule has 3 aliphatic heterocycles. The first kappa shape index (κ1) is 18.4. The number of aliphatic hydroxyl groups is 1. The summed E-state index contributed by atoms with van der Waals surface area (Å²) >= 11 is 0. The standard InChI is InChI=1S/C20H31N3O2/c1-20(2,3)16-7-5-15(6-8-16)18(24)13-21-19(25)17-14-22-9-4-10-23(17)12-11-22/h5-8,17-18,24H,4,9-14H2,1-3H3,(H,21,25)/t17-,18+/m0/s1. The number of hydrogen-bond acceptors (Lipinski definition) is 4. The third-order valence-electron chi connectivity index (χ3n) is 5.43. The fraction of sp³-hybridized carbons (Fsp3) is 0.650. The van der Waals surface area contributed by atoms with Crippen LogP contribution in [0.5, 0.6) is 0 Å². The van der Waals surface area contributed by atoms with E-state index in [1.54, 1.807) is 0 Å². The largest absolute Gasteiger partial charge is 0.387 e. The molecule has 0 saturated carbocycles. The van der Waals surface area contributed by atoms with Crippen molar-refractivity contribution in [1.82, 2.24) is 15.1 Å². The summed E-state index contributed by atoms with van der Waals surface area (Å²) in [5.41, 5.74) is 2.18. The van der Waals surface area contributed by atoms with Crippen LogP contribution in [0.2, 0.25) is 0 Å². The summed E-state index contributed by atoms with van der Waals surface area (Å²) in [5.74, 6) is 0.0389. The number of amides is 1. The second-order valence-electron chi connectivity index (χ2n) is 8.34. The average Bonchev–Trinajstić information content (AvgIpc) is 2.94. The van der Waals surface area contributed by atoms with Crippen LogP contribution in [0.15, 0.2) is 24.3 Å². The van der Waals surface area contributed by atoms with E-state index in [4.69, 9.17) is 0 Å². The van der Waals surface area contributed by atoms with Gasteiger partial charge in [-0.25, -0.2) is 0 Å². The Kier molecular flexibility index (Phi) is 5.46. The number of benzene rings is 1. The highest BCUT2D eigenvalue weighted by Gasteiger charge is 2.34. The number of carbonyl (C=O) groups excluding carboxylic acids is 1. The highest BCUT2D eigenvalue weighted by molar-refractivity contribution is 5.82. The van der Waals surface area contributed by atoms with E-state index in [1.807, 2.05) is 12.1 Å². The Bertz CT molecular complexity index is 590. The lowest BCUT2D eigenvalue weighted by molar-refractivity contribution is -0.128. The first-order valence-electron chi connectivity index (χ1n) is 9.37. The van der Waals surface area contributed by atoms with Crippen molar-refractivity contribution >= 4 is 5.91 Å². The maximum absolute atomic E-state index is 12.6. The van der Waals surface area contributed by atoms with Gasteiger partial charge >= 0.3 is 0 Å². The zero-order valence-electron chi connectivity index (χ0n) is 15.7. The van der Waals surface area contributed by atoms with E-state index in [0.717, 1.165) is 44.7 Å². The summed E-state index contributed by atoms with van der Waals surface area (Å²) in [5, 5.41) is 13.4. The van der Waals surface area contributed by atoms with Crippen LogP contribution in [0.3, 0.4) is 0 Å². The first-order chi connectivity index (χ1) is 11.8. The molecule has 138 valence electrons. The van der Waals surface area contributed by atoms with Crippen molar-refractivity contribution in [2.75, 3.05) is 39.3 Å². The van der Waals surface area contributed by atoms with Crippen molar-refractivity contribution in [3.05, 3.63) is 35.4 Å². The molecule has 0 spiro atoms. The number of hydrogen-bond donors (Lipinski definition) is 2. The summed E-state index contributed by atoms with van der Waals surface area (Å²) in [7, 11) is 0. The molecule has 3 aliphatic rings. The van der Waals surface area contributed by atoms with E-state index in [-0.39, 0.29) is 23.9 Å². The summed E-state index contributed by atoms with van der Waals surface area (Å²) in [4.78, 5) is 17.2. The van der Waals surface area contributed by atoms with Gasteiger partial charge in [0, 0.05) is 32.7 Å². The molecule has 0 aromatic heterocycles. The summed E-state index contributed by atoms with van der Waals surface area (Å²) in [6.07, 6.45) is 0.461. The van der Waals surface area contributed by atoms with Gasteiger partial charge in [-0.1, -0.05) is 45.0 Å². The second-order valence-corrected chi connectivity index (χ2v) is 8.34.